The first-order valence-corrected chi connectivity index (χ1v) is 11.2. The largest absolute Gasteiger partial charge is 0.493 e. The van der Waals surface area contributed by atoms with Crippen LogP contribution in [0.3, 0.4) is 0 Å². The number of pyridine rings is 2. The van der Waals surface area contributed by atoms with E-state index in [1.165, 1.54) is 0 Å². The van der Waals surface area contributed by atoms with Crippen LogP contribution in [-0.2, 0) is 13.1 Å². The fourth-order valence-corrected chi connectivity index (χ4v) is 4.61. The summed E-state index contributed by atoms with van der Waals surface area (Å²) in [6, 6.07) is 15.2. The third-order valence-corrected chi connectivity index (χ3v) is 6.35. The van der Waals surface area contributed by atoms with E-state index in [1.807, 2.05) is 55.5 Å². The van der Waals surface area contributed by atoms with E-state index in [9.17, 15) is 4.79 Å². The predicted molar refractivity (Wildman–Crippen MR) is 134 cm³/mol. The zero-order valence-corrected chi connectivity index (χ0v) is 20.1. The maximum absolute atomic E-state index is 13.3. The van der Waals surface area contributed by atoms with Gasteiger partial charge < -0.3 is 24.8 Å². The average Bonchev–Trinajstić information content (AvgIpc) is 3.18. The molecule has 178 valence electrons. The number of para-hydroxylation sites is 1. The van der Waals surface area contributed by atoms with Crippen LogP contribution in [0.5, 0.6) is 17.4 Å². The van der Waals surface area contributed by atoms with Crippen LogP contribution in [0.4, 0.5) is 5.69 Å². The van der Waals surface area contributed by atoms with Gasteiger partial charge in [0.25, 0.3) is 5.91 Å². The molecular weight excluding hydrogens is 444 g/mol. The third-order valence-electron chi connectivity index (χ3n) is 6.35. The van der Waals surface area contributed by atoms with Gasteiger partial charge in [0.15, 0.2) is 11.5 Å². The molecule has 4 aromatic rings. The zero-order valence-electron chi connectivity index (χ0n) is 20.1. The number of carbonyl (C=O) groups is 1. The molecule has 0 atom stereocenters. The van der Waals surface area contributed by atoms with E-state index < -0.39 is 0 Å². The van der Waals surface area contributed by atoms with Crippen LogP contribution in [0.1, 0.15) is 27.3 Å². The highest BCUT2D eigenvalue weighted by molar-refractivity contribution is 6.11. The summed E-state index contributed by atoms with van der Waals surface area (Å²) in [6.07, 6.45) is 0. The van der Waals surface area contributed by atoms with E-state index in [0.29, 0.717) is 47.4 Å². The highest BCUT2D eigenvalue weighted by atomic mass is 16.5. The number of amides is 1. The smallest absolute Gasteiger partial charge is 0.258 e. The Morgan fingerprint density at radius 1 is 0.943 bits per heavy atom. The molecular formula is C27H26N4O4. The summed E-state index contributed by atoms with van der Waals surface area (Å²) in [5.41, 5.74) is 12.5. The molecule has 8 heteroatoms. The molecule has 0 bridgehead atoms. The fourth-order valence-electron chi connectivity index (χ4n) is 4.61. The second-order valence-corrected chi connectivity index (χ2v) is 8.39. The van der Waals surface area contributed by atoms with Gasteiger partial charge in [0.05, 0.1) is 50.3 Å². The molecule has 0 unspecified atom stereocenters. The number of anilines is 1. The topological polar surface area (TPSA) is 99.8 Å². The second kappa shape index (κ2) is 8.79. The number of nitrogen functional groups attached to an aromatic ring is 1. The number of rotatable bonds is 6. The summed E-state index contributed by atoms with van der Waals surface area (Å²) in [6.45, 7) is 2.71. The van der Waals surface area contributed by atoms with Gasteiger partial charge in [0.2, 0.25) is 5.88 Å². The molecule has 1 amide bonds. The van der Waals surface area contributed by atoms with Crippen LogP contribution in [0.25, 0.3) is 22.0 Å². The number of benzene rings is 2. The lowest BCUT2D eigenvalue weighted by atomic mass is 9.98. The van der Waals surface area contributed by atoms with Crippen molar-refractivity contribution in [1.82, 2.24) is 14.9 Å². The molecule has 2 aromatic heterocycles. The van der Waals surface area contributed by atoms with E-state index in [-0.39, 0.29) is 5.91 Å². The molecule has 0 fully saturated rings. The summed E-state index contributed by atoms with van der Waals surface area (Å²) in [4.78, 5) is 24.5. The first kappa shape index (κ1) is 22.5. The van der Waals surface area contributed by atoms with Crippen LogP contribution in [-0.4, -0.2) is 42.1 Å². The number of aryl methyl sites for hydroxylation is 1. The molecule has 35 heavy (non-hydrogen) atoms. The number of ether oxygens (including phenoxy) is 3. The summed E-state index contributed by atoms with van der Waals surface area (Å²) in [5.74, 6) is 1.68. The summed E-state index contributed by atoms with van der Waals surface area (Å²) < 4.78 is 16.0. The zero-order chi connectivity index (χ0) is 24.7. The summed E-state index contributed by atoms with van der Waals surface area (Å²) >= 11 is 0. The Labute approximate surface area is 203 Å². The molecule has 3 heterocycles. The van der Waals surface area contributed by atoms with Crippen molar-refractivity contribution in [3.8, 4) is 28.5 Å². The van der Waals surface area contributed by atoms with E-state index >= 15 is 0 Å². The van der Waals surface area contributed by atoms with Crippen molar-refractivity contribution < 1.29 is 19.0 Å². The normalized spacial score (nSPS) is 12.7. The van der Waals surface area contributed by atoms with Gasteiger partial charge in [-0.3, -0.25) is 4.79 Å². The van der Waals surface area contributed by atoms with Gasteiger partial charge in [-0.2, -0.15) is 0 Å². The first-order valence-electron chi connectivity index (χ1n) is 11.2. The number of nitrogens with zero attached hydrogens (tertiary/aromatic N) is 3. The molecule has 0 aliphatic carbocycles. The molecule has 2 aromatic carbocycles. The van der Waals surface area contributed by atoms with Crippen molar-refractivity contribution in [2.75, 3.05) is 27.1 Å². The number of fused-ring (bicyclic) bond motifs is 2. The lowest BCUT2D eigenvalue weighted by molar-refractivity contribution is 0.0767. The Bertz CT molecular complexity index is 1470. The van der Waals surface area contributed by atoms with Gasteiger partial charge in [0.1, 0.15) is 0 Å². The van der Waals surface area contributed by atoms with Crippen molar-refractivity contribution in [2.24, 2.45) is 0 Å². The quantitative estimate of drug-likeness (QED) is 0.447. The minimum Gasteiger partial charge on any atom is -0.493 e. The number of hydrogen-bond acceptors (Lipinski definition) is 7. The number of methoxy groups -OCH3 is 3. The molecule has 1 aliphatic heterocycles. The van der Waals surface area contributed by atoms with Crippen LogP contribution >= 0.6 is 0 Å². The van der Waals surface area contributed by atoms with Crippen LogP contribution in [0.15, 0.2) is 48.5 Å². The number of carbonyl (C=O) groups excluding carboxylic acids is 1. The molecule has 0 saturated heterocycles. The maximum atomic E-state index is 13.3. The van der Waals surface area contributed by atoms with Crippen LogP contribution < -0.4 is 19.9 Å². The van der Waals surface area contributed by atoms with Crippen molar-refractivity contribution in [1.29, 1.82) is 0 Å². The molecule has 8 nitrogen and oxygen atoms in total. The standard InChI is InChI=1S/C27H26N4O4/c1-15-17(9-11-23(29-15)35-4)18-6-5-7-19-25(28)24-20(30-26(18)19)14-31(27(24)32)13-16-8-10-21(33-2)22(12-16)34-3/h5-12H,13-14H2,1-4H3,(H2,28,30). The molecule has 5 rings (SSSR count). The highest BCUT2D eigenvalue weighted by Crippen LogP contribution is 2.38. The van der Waals surface area contributed by atoms with Gasteiger partial charge in [-0.05, 0) is 30.7 Å². The van der Waals surface area contributed by atoms with Crippen LogP contribution in [0, 0.1) is 6.92 Å². The second-order valence-electron chi connectivity index (χ2n) is 8.39. The first-order chi connectivity index (χ1) is 16.9. The summed E-state index contributed by atoms with van der Waals surface area (Å²) in [5, 5.41) is 0.748. The Balaban J connectivity index is 1.54. The average molecular weight is 471 g/mol. The molecule has 1 aliphatic rings. The molecule has 0 saturated carbocycles. The van der Waals surface area contributed by atoms with Crippen molar-refractivity contribution in [3.05, 3.63) is 71.0 Å². The molecule has 2 N–H and O–H groups in total. The number of hydrogen-bond donors (Lipinski definition) is 1. The third kappa shape index (κ3) is 3.77. The van der Waals surface area contributed by atoms with Crippen LogP contribution in [0.2, 0.25) is 0 Å². The SMILES string of the molecule is COc1ccc(-c2cccc3c(N)c4c(nc23)CN(Cc2ccc(OC)c(OC)c2)C4=O)c(C)n1. The van der Waals surface area contributed by atoms with Gasteiger partial charge >= 0.3 is 0 Å². The number of nitrogens with two attached hydrogens (primary N) is 1. The fraction of sp³-hybridized carbons (Fsp3) is 0.222. The van der Waals surface area contributed by atoms with Gasteiger partial charge in [-0.1, -0.05) is 24.3 Å². The highest BCUT2D eigenvalue weighted by Gasteiger charge is 2.32. The Kier molecular flexibility index (Phi) is 5.64. The van der Waals surface area contributed by atoms with Crippen molar-refractivity contribution in [3.63, 3.8) is 0 Å². The molecule has 0 spiro atoms. The number of aromatic nitrogens is 2. The Morgan fingerprint density at radius 3 is 2.46 bits per heavy atom. The van der Waals surface area contributed by atoms with Gasteiger partial charge in [0, 0.05) is 34.8 Å². The monoisotopic (exact) mass is 470 g/mol. The van der Waals surface area contributed by atoms with E-state index in [2.05, 4.69) is 4.98 Å². The van der Waals surface area contributed by atoms with Gasteiger partial charge in [-0.15, -0.1) is 0 Å². The molecule has 0 radical (unpaired) electrons. The lowest BCUT2D eigenvalue weighted by Gasteiger charge is -2.17. The Morgan fingerprint density at radius 2 is 1.74 bits per heavy atom. The minimum atomic E-state index is -0.130. The Hall–Kier alpha value is -4.33. The van der Waals surface area contributed by atoms with E-state index in [0.717, 1.165) is 33.3 Å². The van der Waals surface area contributed by atoms with Gasteiger partial charge in [-0.25, -0.2) is 9.97 Å². The summed E-state index contributed by atoms with van der Waals surface area (Å²) in [7, 11) is 4.77. The maximum Gasteiger partial charge on any atom is 0.258 e. The minimum absolute atomic E-state index is 0.130. The van der Waals surface area contributed by atoms with Crippen molar-refractivity contribution >= 4 is 22.5 Å². The van der Waals surface area contributed by atoms with E-state index in [4.69, 9.17) is 24.9 Å². The lowest BCUT2D eigenvalue weighted by Crippen LogP contribution is -2.23. The van der Waals surface area contributed by atoms with Crippen molar-refractivity contribution in [2.45, 2.75) is 20.0 Å². The van der Waals surface area contributed by atoms with E-state index in [1.54, 1.807) is 26.2 Å². The predicted octanol–water partition coefficient (Wildman–Crippen LogP) is 4.37.